The Labute approximate surface area is 306 Å². The lowest BCUT2D eigenvalue weighted by atomic mass is 9.51. The van der Waals surface area contributed by atoms with E-state index in [4.69, 9.17) is 21.1 Å². The second kappa shape index (κ2) is 13.5. The molecular formula is C41H42ClN3O7. The van der Waals surface area contributed by atoms with Crippen LogP contribution in [0.5, 0.6) is 0 Å². The molecule has 4 fully saturated rings. The second-order valence-corrected chi connectivity index (χ2v) is 15.6. The van der Waals surface area contributed by atoms with Crippen molar-refractivity contribution in [3.63, 3.8) is 0 Å². The molecule has 2 amide bonds. The number of pyridine rings is 1. The van der Waals surface area contributed by atoms with E-state index >= 15 is 0 Å². The Kier molecular flexibility index (Phi) is 9.23. The van der Waals surface area contributed by atoms with Gasteiger partial charge in [0.1, 0.15) is 5.69 Å². The van der Waals surface area contributed by atoms with Gasteiger partial charge in [0, 0.05) is 52.1 Å². The zero-order chi connectivity index (χ0) is 36.9. The summed E-state index contributed by atoms with van der Waals surface area (Å²) in [6.07, 6.45) is 4.52. The highest BCUT2D eigenvalue weighted by atomic mass is 35.5. The molecule has 4 saturated carbocycles. The van der Waals surface area contributed by atoms with Gasteiger partial charge in [0.15, 0.2) is 11.0 Å². The number of ether oxygens (including phenoxy) is 2. The molecule has 2 N–H and O–H groups in total. The summed E-state index contributed by atoms with van der Waals surface area (Å²) in [5.41, 5.74) is 0.849. The number of fused-ring (bicyclic) bond motifs is 1. The molecule has 0 aliphatic heterocycles. The van der Waals surface area contributed by atoms with E-state index in [1.165, 1.54) is 14.0 Å². The van der Waals surface area contributed by atoms with Crippen molar-refractivity contribution >= 4 is 46.3 Å². The Bertz CT molecular complexity index is 2130. The number of carbonyl (C=O) groups is 4. The summed E-state index contributed by atoms with van der Waals surface area (Å²) in [5, 5.41) is 7.42. The normalized spacial score (nSPS) is 23.2. The van der Waals surface area contributed by atoms with Gasteiger partial charge >= 0.3 is 11.9 Å². The maximum absolute atomic E-state index is 14.0. The third-order valence-corrected chi connectivity index (χ3v) is 11.3. The summed E-state index contributed by atoms with van der Waals surface area (Å²) in [6.45, 7) is 4.51. The van der Waals surface area contributed by atoms with Gasteiger partial charge in [-0.3, -0.25) is 19.2 Å². The van der Waals surface area contributed by atoms with Crippen LogP contribution in [0.3, 0.4) is 0 Å². The largest absolute Gasteiger partial charge is 0.464 e. The average molecular weight is 724 g/mol. The zero-order valence-electron chi connectivity index (χ0n) is 29.7. The molecule has 0 radical (unpaired) electrons. The first-order valence-electron chi connectivity index (χ1n) is 17.7. The number of hydrogen-bond acceptors (Lipinski definition) is 7. The maximum atomic E-state index is 14.0. The van der Waals surface area contributed by atoms with Crippen molar-refractivity contribution in [3.8, 4) is 5.69 Å². The number of benzene rings is 3. The van der Waals surface area contributed by atoms with E-state index in [1.54, 1.807) is 60.9 Å². The van der Waals surface area contributed by atoms with Gasteiger partial charge in [0.25, 0.3) is 11.8 Å². The summed E-state index contributed by atoms with van der Waals surface area (Å²) in [6, 6.07) is 21.3. The van der Waals surface area contributed by atoms with Crippen LogP contribution in [-0.4, -0.2) is 52.6 Å². The monoisotopic (exact) mass is 723 g/mol. The van der Waals surface area contributed by atoms with Gasteiger partial charge in [-0.25, -0.2) is 4.79 Å². The number of halogens is 1. The molecule has 1 aromatic heterocycles. The Morgan fingerprint density at radius 2 is 1.62 bits per heavy atom. The van der Waals surface area contributed by atoms with E-state index in [0.29, 0.717) is 33.1 Å². The minimum absolute atomic E-state index is 0.0135. The predicted molar refractivity (Wildman–Crippen MR) is 197 cm³/mol. The Morgan fingerprint density at radius 3 is 2.25 bits per heavy atom. The molecule has 4 aliphatic rings. The minimum Gasteiger partial charge on any atom is -0.464 e. The Hall–Kier alpha value is -4.96. The van der Waals surface area contributed by atoms with E-state index in [0.717, 1.165) is 37.7 Å². The van der Waals surface area contributed by atoms with E-state index in [1.807, 2.05) is 30.3 Å². The molecule has 0 unspecified atom stereocenters. The zero-order valence-corrected chi connectivity index (χ0v) is 30.4. The summed E-state index contributed by atoms with van der Waals surface area (Å²) < 4.78 is 12.2. The first kappa shape index (κ1) is 35.4. The van der Waals surface area contributed by atoms with E-state index in [9.17, 15) is 24.0 Å². The van der Waals surface area contributed by atoms with Crippen molar-refractivity contribution in [2.24, 2.45) is 17.8 Å². The van der Waals surface area contributed by atoms with Gasteiger partial charge in [-0.1, -0.05) is 41.9 Å². The van der Waals surface area contributed by atoms with E-state index < -0.39 is 17.5 Å². The summed E-state index contributed by atoms with van der Waals surface area (Å²) in [7, 11) is 1.29. The van der Waals surface area contributed by atoms with Gasteiger partial charge in [-0.05, 0) is 112 Å². The summed E-state index contributed by atoms with van der Waals surface area (Å²) in [5.74, 6) is -0.720. The molecule has 4 bridgehead atoms. The van der Waals surface area contributed by atoms with Crippen LogP contribution in [0.15, 0.2) is 77.6 Å². The highest BCUT2D eigenvalue weighted by Crippen LogP contribution is 2.56. The topological polar surface area (TPSA) is 133 Å². The van der Waals surface area contributed by atoms with Gasteiger partial charge in [-0.15, -0.1) is 0 Å². The fourth-order valence-corrected chi connectivity index (χ4v) is 9.32. The SMILES string of the molecule is COC(=O)c1c(Cc2ccc(C(=O)N[C@@H]3[C@@H]4C[C@@H]5C[C@H]3C[C@@](NC(=O)C(C)(C)OC(C)=O)(C5)C4)cc2)c(=O)c2ccc(Cl)cc2n1-c1ccccc1. The van der Waals surface area contributed by atoms with Crippen molar-refractivity contribution in [3.05, 3.63) is 110 Å². The van der Waals surface area contributed by atoms with Gasteiger partial charge < -0.3 is 24.7 Å². The van der Waals surface area contributed by atoms with Gasteiger partial charge in [0.2, 0.25) is 0 Å². The molecule has 0 saturated heterocycles. The number of aromatic nitrogens is 1. The van der Waals surface area contributed by atoms with Crippen LogP contribution in [0.1, 0.15) is 84.8 Å². The molecule has 0 spiro atoms. The smallest absolute Gasteiger partial charge is 0.355 e. The third kappa shape index (κ3) is 6.60. The van der Waals surface area contributed by atoms with Crippen LogP contribution >= 0.6 is 11.6 Å². The van der Waals surface area contributed by atoms with Crippen LogP contribution in [0.25, 0.3) is 16.6 Å². The standard InChI is InChI=1S/C41H42ClN3O7/c1-23(46)52-40(2,3)39(50)44-41-20-25-16-27(21-41)34(28(17-25)22-41)43-37(48)26-12-10-24(11-13-26)18-32-35(38(49)51-4)45(30-8-6-5-7-9-30)33-19-29(42)14-15-31(33)36(32)47/h5-15,19,25,27-28,34H,16-18,20-22H2,1-4H3,(H,43,48)(H,44,50)/t25-,27-,28+,34-,41-. The van der Waals surface area contributed by atoms with Crippen LogP contribution in [-0.2, 0) is 25.5 Å². The number of carbonyl (C=O) groups excluding carboxylic acids is 4. The lowest BCUT2D eigenvalue weighted by molar-refractivity contribution is -0.165. The molecule has 10 nitrogen and oxygen atoms in total. The Balaban J connectivity index is 1.11. The van der Waals surface area contributed by atoms with Gasteiger partial charge in [0.05, 0.1) is 12.6 Å². The molecule has 5 atom stereocenters. The highest BCUT2D eigenvalue weighted by molar-refractivity contribution is 6.31. The van der Waals surface area contributed by atoms with Crippen molar-refractivity contribution in [1.82, 2.24) is 15.2 Å². The predicted octanol–water partition coefficient (Wildman–Crippen LogP) is 6.16. The third-order valence-electron chi connectivity index (χ3n) is 11.1. The number of methoxy groups -OCH3 is 1. The first-order chi connectivity index (χ1) is 24.8. The second-order valence-electron chi connectivity index (χ2n) is 15.2. The summed E-state index contributed by atoms with van der Waals surface area (Å²) >= 11 is 6.36. The van der Waals surface area contributed by atoms with Crippen LogP contribution in [0.4, 0.5) is 0 Å². The number of nitrogens with one attached hydrogen (secondary N) is 2. The highest BCUT2D eigenvalue weighted by Gasteiger charge is 2.57. The van der Waals surface area contributed by atoms with Crippen LogP contribution in [0, 0.1) is 17.8 Å². The molecule has 1 heterocycles. The number of rotatable bonds is 9. The fraction of sp³-hybridized carbons (Fsp3) is 0.390. The average Bonchev–Trinajstić information content (AvgIpc) is 3.10. The fourth-order valence-electron chi connectivity index (χ4n) is 9.15. The Morgan fingerprint density at radius 1 is 0.942 bits per heavy atom. The quantitative estimate of drug-likeness (QED) is 0.198. The van der Waals surface area contributed by atoms with E-state index in [2.05, 4.69) is 10.6 Å². The minimum atomic E-state index is -1.27. The summed E-state index contributed by atoms with van der Waals surface area (Å²) in [4.78, 5) is 65.8. The van der Waals surface area contributed by atoms with Crippen molar-refractivity contribution < 1.29 is 28.7 Å². The lowest BCUT2D eigenvalue weighted by Gasteiger charge is -2.60. The molecule has 3 aromatic carbocycles. The molecular weight excluding hydrogens is 682 g/mol. The number of esters is 2. The van der Waals surface area contributed by atoms with Crippen LogP contribution in [0.2, 0.25) is 5.02 Å². The van der Waals surface area contributed by atoms with Crippen LogP contribution < -0.4 is 16.1 Å². The molecule has 8 rings (SSSR count). The molecule has 52 heavy (non-hydrogen) atoms. The number of hydrogen-bond donors (Lipinski definition) is 2. The molecule has 4 aromatic rings. The lowest BCUT2D eigenvalue weighted by Crippen LogP contribution is -2.68. The number of para-hydroxylation sites is 1. The van der Waals surface area contributed by atoms with Crippen molar-refractivity contribution in [2.75, 3.05) is 7.11 Å². The molecule has 11 heteroatoms. The molecule has 270 valence electrons. The number of nitrogens with zero attached hydrogens (tertiary/aromatic N) is 1. The first-order valence-corrected chi connectivity index (χ1v) is 18.1. The van der Waals surface area contributed by atoms with E-state index in [-0.39, 0.29) is 58.3 Å². The van der Waals surface area contributed by atoms with Crippen molar-refractivity contribution in [2.45, 2.75) is 76.5 Å². The molecule has 4 aliphatic carbocycles. The maximum Gasteiger partial charge on any atom is 0.355 e. The van der Waals surface area contributed by atoms with Crippen molar-refractivity contribution in [1.29, 1.82) is 0 Å². The van der Waals surface area contributed by atoms with Gasteiger partial charge in [-0.2, -0.15) is 0 Å². The number of amides is 2.